The Kier molecular flexibility index (Phi) is 5.46. The summed E-state index contributed by atoms with van der Waals surface area (Å²) in [7, 11) is 1.55. The third-order valence-corrected chi connectivity index (χ3v) is 4.67. The average molecular weight is 361 g/mol. The number of carbonyl (C=O) groups excluding carboxylic acids is 1. The van der Waals surface area contributed by atoms with E-state index in [1.807, 2.05) is 19.1 Å². The van der Waals surface area contributed by atoms with Gasteiger partial charge in [-0.2, -0.15) is 0 Å². The normalized spacial score (nSPS) is 16.8. The molecule has 2 heterocycles. The van der Waals surface area contributed by atoms with Gasteiger partial charge in [-0.15, -0.1) is 0 Å². The van der Waals surface area contributed by atoms with Gasteiger partial charge in [-0.1, -0.05) is 12.1 Å². The highest BCUT2D eigenvalue weighted by Crippen LogP contribution is 2.33. The Labute approximate surface area is 151 Å². The van der Waals surface area contributed by atoms with Crippen LogP contribution in [0, 0.1) is 6.92 Å². The Morgan fingerprint density at radius 2 is 2.19 bits per heavy atom. The molecule has 1 saturated heterocycles. The molecule has 7 nitrogen and oxygen atoms in total. The van der Waals surface area contributed by atoms with E-state index in [2.05, 4.69) is 0 Å². The van der Waals surface area contributed by atoms with Crippen molar-refractivity contribution in [3.63, 3.8) is 0 Å². The lowest BCUT2D eigenvalue weighted by Gasteiger charge is -2.24. The van der Waals surface area contributed by atoms with E-state index in [9.17, 15) is 9.59 Å². The third-order valence-electron chi connectivity index (χ3n) is 4.67. The summed E-state index contributed by atoms with van der Waals surface area (Å²) < 4.78 is 16.7. The van der Waals surface area contributed by atoms with Gasteiger partial charge in [-0.3, -0.25) is 9.59 Å². The lowest BCUT2D eigenvalue weighted by molar-refractivity contribution is -0.137. The molecule has 1 aliphatic rings. The number of aryl methyl sites for hydroxylation is 1. The number of para-hydroxylation sites is 1. The molecule has 26 heavy (non-hydrogen) atoms. The Balaban J connectivity index is 1.90. The third kappa shape index (κ3) is 3.67. The molecule has 0 saturated carbocycles. The van der Waals surface area contributed by atoms with E-state index in [0.29, 0.717) is 24.5 Å². The van der Waals surface area contributed by atoms with Gasteiger partial charge in [0, 0.05) is 30.6 Å². The Morgan fingerprint density at radius 3 is 2.85 bits per heavy atom. The molecule has 1 aliphatic heterocycles. The van der Waals surface area contributed by atoms with Crippen LogP contribution in [0.5, 0.6) is 5.75 Å². The number of benzene rings is 1. The fourth-order valence-corrected chi connectivity index (χ4v) is 3.27. The molecule has 0 spiro atoms. The molecule has 1 aromatic carbocycles. The highest BCUT2D eigenvalue weighted by Gasteiger charge is 2.28. The SMILES string of the molecule is COc1cccc2c(C)c(C(=O)N(CCC(=O)O)C[C@H]3CCCO3)oc12. The maximum absolute atomic E-state index is 13.1. The van der Waals surface area contributed by atoms with E-state index < -0.39 is 5.97 Å². The van der Waals surface area contributed by atoms with Gasteiger partial charge in [0.25, 0.3) is 5.91 Å². The van der Waals surface area contributed by atoms with E-state index >= 15 is 0 Å². The highest BCUT2D eigenvalue weighted by atomic mass is 16.5. The minimum atomic E-state index is -0.946. The van der Waals surface area contributed by atoms with Crippen LogP contribution in [0.2, 0.25) is 0 Å². The second kappa shape index (κ2) is 7.78. The molecule has 1 amide bonds. The summed E-state index contributed by atoms with van der Waals surface area (Å²) in [6.07, 6.45) is 1.63. The van der Waals surface area contributed by atoms with Crippen molar-refractivity contribution in [1.82, 2.24) is 4.90 Å². The predicted octanol–water partition coefficient (Wildman–Crippen LogP) is 2.85. The molecule has 0 bridgehead atoms. The molecule has 0 aliphatic carbocycles. The number of ether oxygens (including phenoxy) is 2. The van der Waals surface area contributed by atoms with Crippen molar-refractivity contribution in [3.8, 4) is 5.75 Å². The monoisotopic (exact) mass is 361 g/mol. The van der Waals surface area contributed by atoms with Gasteiger partial charge < -0.3 is 23.9 Å². The van der Waals surface area contributed by atoms with Gasteiger partial charge in [-0.05, 0) is 25.8 Å². The fourth-order valence-electron chi connectivity index (χ4n) is 3.27. The second-order valence-electron chi connectivity index (χ2n) is 6.42. The fraction of sp³-hybridized carbons (Fsp3) is 0.474. The zero-order chi connectivity index (χ0) is 18.7. The predicted molar refractivity (Wildman–Crippen MR) is 94.6 cm³/mol. The van der Waals surface area contributed by atoms with Crippen molar-refractivity contribution in [2.75, 3.05) is 26.8 Å². The van der Waals surface area contributed by atoms with Gasteiger partial charge in [0.1, 0.15) is 0 Å². The standard InChI is InChI=1S/C19H23NO6/c1-12-14-6-3-7-15(24-2)18(14)26-17(12)19(23)20(9-8-16(21)22)11-13-5-4-10-25-13/h3,6-7,13H,4-5,8-11H2,1-2H3,(H,21,22)/t13-/m1/s1. The molecular weight excluding hydrogens is 338 g/mol. The van der Waals surface area contributed by atoms with Crippen molar-refractivity contribution in [3.05, 3.63) is 29.5 Å². The molecule has 7 heteroatoms. The van der Waals surface area contributed by atoms with Crippen LogP contribution in [0.1, 0.15) is 35.4 Å². The van der Waals surface area contributed by atoms with E-state index in [4.69, 9.17) is 19.0 Å². The lowest BCUT2D eigenvalue weighted by Crippen LogP contribution is -2.38. The summed E-state index contributed by atoms with van der Waals surface area (Å²) in [4.78, 5) is 25.6. The molecule has 3 rings (SSSR count). The first-order valence-electron chi connectivity index (χ1n) is 8.70. The van der Waals surface area contributed by atoms with Gasteiger partial charge >= 0.3 is 5.97 Å². The number of hydrogen-bond acceptors (Lipinski definition) is 5. The molecule has 0 radical (unpaired) electrons. The Bertz CT molecular complexity index is 806. The van der Waals surface area contributed by atoms with E-state index in [-0.39, 0.29) is 30.7 Å². The van der Waals surface area contributed by atoms with Crippen molar-refractivity contribution in [1.29, 1.82) is 0 Å². The van der Waals surface area contributed by atoms with Gasteiger partial charge in [0.05, 0.1) is 19.6 Å². The highest BCUT2D eigenvalue weighted by molar-refractivity contribution is 6.00. The summed E-state index contributed by atoms with van der Waals surface area (Å²) in [6.45, 7) is 2.97. The zero-order valence-electron chi connectivity index (χ0n) is 15.0. The molecule has 1 N–H and O–H groups in total. The summed E-state index contributed by atoms with van der Waals surface area (Å²) >= 11 is 0. The number of methoxy groups -OCH3 is 1. The van der Waals surface area contributed by atoms with E-state index in [1.165, 1.54) is 4.90 Å². The molecule has 0 unspecified atom stereocenters. The topological polar surface area (TPSA) is 89.2 Å². The van der Waals surface area contributed by atoms with Crippen molar-refractivity contribution >= 4 is 22.8 Å². The number of fused-ring (bicyclic) bond motifs is 1. The molecule has 2 aromatic rings. The summed E-state index contributed by atoms with van der Waals surface area (Å²) in [5.41, 5.74) is 1.24. The van der Waals surface area contributed by atoms with Crippen molar-refractivity contribution in [2.45, 2.75) is 32.3 Å². The Hall–Kier alpha value is -2.54. The number of carboxylic acids is 1. The quantitative estimate of drug-likeness (QED) is 0.816. The van der Waals surface area contributed by atoms with E-state index in [1.54, 1.807) is 13.2 Å². The first kappa shape index (κ1) is 18.3. The number of nitrogens with zero attached hydrogens (tertiary/aromatic N) is 1. The molecular formula is C19H23NO6. The minimum Gasteiger partial charge on any atom is -0.493 e. The van der Waals surface area contributed by atoms with Crippen LogP contribution in [0.4, 0.5) is 0 Å². The summed E-state index contributed by atoms with van der Waals surface area (Å²) in [5, 5.41) is 9.81. The van der Waals surface area contributed by atoms with Crippen LogP contribution in [-0.2, 0) is 9.53 Å². The molecule has 140 valence electrons. The number of aliphatic carboxylic acids is 1. The number of hydrogen-bond donors (Lipinski definition) is 1. The van der Waals surface area contributed by atoms with Crippen LogP contribution < -0.4 is 4.74 Å². The maximum atomic E-state index is 13.1. The maximum Gasteiger partial charge on any atom is 0.305 e. The van der Waals surface area contributed by atoms with Crippen LogP contribution in [0.15, 0.2) is 22.6 Å². The van der Waals surface area contributed by atoms with Gasteiger partial charge in [-0.25, -0.2) is 0 Å². The Morgan fingerprint density at radius 1 is 1.38 bits per heavy atom. The van der Waals surface area contributed by atoms with Crippen LogP contribution in [-0.4, -0.2) is 54.8 Å². The molecule has 1 atom stereocenters. The van der Waals surface area contributed by atoms with Crippen molar-refractivity contribution in [2.24, 2.45) is 0 Å². The number of rotatable bonds is 7. The van der Waals surface area contributed by atoms with Crippen molar-refractivity contribution < 1.29 is 28.6 Å². The smallest absolute Gasteiger partial charge is 0.305 e. The summed E-state index contributed by atoms with van der Waals surface area (Å²) in [6, 6.07) is 5.48. The van der Waals surface area contributed by atoms with Crippen LogP contribution in [0.25, 0.3) is 11.0 Å². The van der Waals surface area contributed by atoms with Crippen LogP contribution >= 0.6 is 0 Å². The first-order chi connectivity index (χ1) is 12.5. The van der Waals surface area contributed by atoms with E-state index in [0.717, 1.165) is 23.8 Å². The first-order valence-corrected chi connectivity index (χ1v) is 8.70. The minimum absolute atomic E-state index is 0.0630. The lowest BCUT2D eigenvalue weighted by atomic mass is 10.1. The largest absolute Gasteiger partial charge is 0.493 e. The van der Waals surface area contributed by atoms with Gasteiger partial charge in [0.15, 0.2) is 17.1 Å². The number of carboxylic acid groups (broad SMARTS) is 1. The second-order valence-corrected chi connectivity index (χ2v) is 6.42. The van der Waals surface area contributed by atoms with Crippen LogP contribution in [0.3, 0.4) is 0 Å². The van der Waals surface area contributed by atoms with Gasteiger partial charge in [0.2, 0.25) is 0 Å². The zero-order valence-corrected chi connectivity index (χ0v) is 15.0. The molecule has 1 aromatic heterocycles. The molecule has 1 fully saturated rings. The average Bonchev–Trinajstić information content (AvgIpc) is 3.25. The number of amides is 1. The number of carbonyl (C=O) groups is 2. The number of furan rings is 1. The summed E-state index contributed by atoms with van der Waals surface area (Å²) in [5.74, 6) is -0.496.